The molecule has 0 spiro atoms. The van der Waals surface area contributed by atoms with Gasteiger partial charge in [0.15, 0.2) is 5.96 Å². The molecule has 1 aliphatic heterocycles. The highest BCUT2D eigenvalue weighted by atomic mass is 35.5. The van der Waals surface area contributed by atoms with E-state index in [1.165, 1.54) is 11.1 Å². The SMILES string of the molecule is Cc1ccc2c(c1)N(Cc1ccccc1Cl)CC(CCOc1ccc(CCNC(=N)N)cc1)O2. The molecule has 0 radical (unpaired) electrons. The molecular weight excluding hydrogens is 448 g/mol. The quantitative estimate of drug-likeness (QED) is 0.300. The predicted molar refractivity (Wildman–Crippen MR) is 138 cm³/mol. The highest BCUT2D eigenvalue weighted by Crippen LogP contribution is 2.36. The Labute approximate surface area is 206 Å². The molecule has 3 aromatic rings. The van der Waals surface area contributed by atoms with Crippen molar-refractivity contribution in [3.8, 4) is 11.5 Å². The fourth-order valence-electron chi connectivity index (χ4n) is 4.07. The van der Waals surface area contributed by atoms with Gasteiger partial charge in [-0.1, -0.05) is 48.0 Å². The van der Waals surface area contributed by atoms with Gasteiger partial charge >= 0.3 is 0 Å². The van der Waals surface area contributed by atoms with Crippen LogP contribution < -0.4 is 25.4 Å². The third-order valence-corrected chi connectivity index (χ3v) is 6.22. The summed E-state index contributed by atoms with van der Waals surface area (Å²) in [5, 5.41) is 10.8. The van der Waals surface area contributed by atoms with E-state index in [2.05, 4.69) is 41.4 Å². The maximum Gasteiger partial charge on any atom is 0.185 e. The van der Waals surface area contributed by atoms with E-state index in [0.717, 1.165) is 53.7 Å². The van der Waals surface area contributed by atoms with Gasteiger partial charge in [-0.05, 0) is 60.4 Å². The number of nitrogens with zero attached hydrogens (tertiary/aromatic N) is 1. The Bertz CT molecular complexity index is 1120. The van der Waals surface area contributed by atoms with Gasteiger partial charge in [-0.25, -0.2) is 0 Å². The lowest BCUT2D eigenvalue weighted by molar-refractivity contribution is 0.155. The van der Waals surface area contributed by atoms with Crippen LogP contribution in [0.15, 0.2) is 66.7 Å². The molecule has 1 unspecified atom stereocenters. The zero-order valence-corrected chi connectivity index (χ0v) is 20.1. The van der Waals surface area contributed by atoms with Gasteiger partial charge in [0.1, 0.15) is 17.6 Å². The van der Waals surface area contributed by atoms with E-state index in [1.807, 2.05) is 42.5 Å². The number of aryl methyl sites for hydroxylation is 1. The van der Waals surface area contributed by atoms with Crippen LogP contribution in [0, 0.1) is 12.3 Å². The molecule has 0 fully saturated rings. The minimum absolute atomic E-state index is 0.00641. The standard InChI is InChI=1S/C27H31ClN4O2/c1-19-6-11-26-25(16-19)32(17-21-4-2-3-5-24(21)28)18-23(34-26)13-15-33-22-9-7-20(8-10-22)12-14-31-27(29)30/h2-11,16,23H,12-15,17-18H2,1H3,(H4,29,30,31). The third kappa shape index (κ3) is 6.35. The number of rotatable bonds is 9. The lowest BCUT2D eigenvalue weighted by Crippen LogP contribution is -2.40. The van der Waals surface area contributed by atoms with Crippen LogP contribution in [0.1, 0.15) is 23.1 Å². The first-order valence-electron chi connectivity index (χ1n) is 11.5. The predicted octanol–water partition coefficient (Wildman–Crippen LogP) is 4.91. The van der Waals surface area contributed by atoms with Crippen LogP contribution in [-0.4, -0.2) is 31.8 Å². The van der Waals surface area contributed by atoms with Crippen LogP contribution in [0.25, 0.3) is 0 Å². The summed E-state index contributed by atoms with van der Waals surface area (Å²) in [5.41, 5.74) is 9.89. The number of ether oxygens (including phenoxy) is 2. The van der Waals surface area contributed by atoms with Crippen molar-refractivity contribution in [2.24, 2.45) is 5.73 Å². The molecule has 4 rings (SSSR count). The number of nitrogens with one attached hydrogen (secondary N) is 2. The Kier molecular flexibility index (Phi) is 7.80. The molecule has 1 atom stereocenters. The Balaban J connectivity index is 1.35. The van der Waals surface area contributed by atoms with Crippen LogP contribution in [-0.2, 0) is 13.0 Å². The Morgan fingerprint density at radius 3 is 2.74 bits per heavy atom. The van der Waals surface area contributed by atoms with E-state index in [1.54, 1.807) is 0 Å². The molecule has 6 nitrogen and oxygen atoms in total. The van der Waals surface area contributed by atoms with Gasteiger partial charge in [0, 0.05) is 24.5 Å². The van der Waals surface area contributed by atoms with Gasteiger partial charge in [0.05, 0.1) is 18.8 Å². The van der Waals surface area contributed by atoms with Crippen molar-refractivity contribution >= 4 is 23.2 Å². The summed E-state index contributed by atoms with van der Waals surface area (Å²) < 4.78 is 12.3. The lowest BCUT2D eigenvalue weighted by atomic mass is 10.1. The summed E-state index contributed by atoms with van der Waals surface area (Å²) in [5.74, 6) is 1.73. The van der Waals surface area contributed by atoms with Gasteiger partial charge in [-0.15, -0.1) is 0 Å². The normalized spacial score (nSPS) is 14.8. The second-order valence-corrected chi connectivity index (χ2v) is 8.96. The van der Waals surface area contributed by atoms with Gasteiger partial charge in [-0.2, -0.15) is 0 Å². The van der Waals surface area contributed by atoms with E-state index in [0.29, 0.717) is 13.2 Å². The maximum absolute atomic E-state index is 7.21. The fraction of sp³-hybridized carbons (Fsp3) is 0.296. The molecular formula is C27H31ClN4O2. The topological polar surface area (TPSA) is 83.6 Å². The lowest BCUT2D eigenvalue weighted by Gasteiger charge is -2.37. The highest BCUT2D eigenvalue weighted by Gasteiger charge is 2.26. The molecule has 0 saturated heterocycles. The average Bonchev–Trinajstić information content (AvgIpc) is 2.82. The molecule has 1 heterocycles. The van der Waals surface area contributed by atoms with Crippen LogP contribution in [0.3, 0.4) is 0 Å². The molecule has 1 aliphatic rings. The zero-order chi connectivity index (χ0) is 23.9. The number of anilines is 1. The van der Waals surface area contributed by atoms with E-state index in [4.69, 9.17) is 32.2 Å². The van der Waals surface area contributed by atoms with E-state index in [9.17, 15) is 0 Å². The molecule has 4 N–H and O–H groups in total. The smallest absolute Gasteiger partial charge is 0.185 e. The van der Waals surface area contributed by atoms with Crippen LogP contribution in [0.4, 0.5) is 5.69 Å². The minimum Gasteiger partial charge on any atom is -0.493 e. The van der Waals surface area contributed by atoms with Gasteiger partial charge in [0.25, 0.3) is 0 Å². The first kappa shape index (κ1) is 23.8. The summed E-state index contributed by atoms with van der Waals surface area (Å²) in [4.78, 5) is 2.35. The van der Waals surface area contributed by atoms with E-state index < -0.39 is 0 Å². The molecule has 178 valence electrons. The van der Waals surface area contributed by atoms with Crippen molar-refractivity contribution in [3.05, 3.63) is 88.4 Å². The Morgan fingerprint density at radius 2 is 1.97 bits per heavy atom. The number of fused-ring (bicyclic) bond motifs is 1. The van der Waals surface area contributed by atoms with Crippen molar-refractivity contribution in [2.75, 3.05) is 24.6 Å². The van der Waals surface area contributed by atoms with Crippen LogP contribution in [0.2, 0.25) is 5.02 Å². The number of hydrogen-bond donors (Lipinski definition) is 3. The van der Waals surface area contributed by atoms with E-state index >= 15 is 0 Å². The molecule has 0 bridgehead atoms. The third-order valence-electron chi connectivity index (χ3n) is 5.85. The maximum atomic E-state index is 7.21. The molecule has 7 heteroatoms. The average molecular weight is 479 g/mol. The number of halogens is 1. The first-order chi connectivity index (χ1) is 16.5. The molecule has 0 aliphatic carbocycles. The second kappa shape index (κ2) is 11.2. The molecule has 0 amide bonds. The number of benzene rings is 3. The van der Waals surface area contributed by atoms with Crippen molar-refractivity contribution in [1.29, 1.82) is 5.41 Å². The van der Waals surface area contributed by atoms with Gasteiger partial charge in [0.2, 0.25) is 0 Å². The van der Waals surface area contributed by atoms with Crippen molar-refractivity contribution in [3.63, 3.8) is 0 Å². The van der Waals surface area contributed by atoms with Crippen molar-refractivity contribution in [2.45, 2.75) is 32.4 Å². The Morgan fingerprint density at radius 1 is 1.18 bits per heavy atom. The van der Waals surface area contributed by atoms with Gasteiger partial charge in [-0.3, -0.25) is 5.41 Å². The molecule has 0 aromatic heterocycles. The van der Waals surface area contributed by atoms with Crippen LogP contribution >= 0.6 is 11.6 Å². The zero-order valence-electron chi connectivity index (χ0n) is 19.4. The highest BCUT2D eigenvalue weighted by molar-refractivity contribution is 6.31. The Hall–Kier alpha value is -3.38. The monoisotopic (exact) mass is 478 g/mol. The largest absolute Gasteiger partial charge is 0.493 e. The minimum atomic E-state index is -0.00641. The summed E-state index contributed by atoms with van der Waals surface area (Å²) in [6.45, 7) is 4.81. The number of guanidine groups is 1. The fourth-order valence-corrected chi connectivity index (χ4v) is 4.26. The first-order valence-corrected chi connectivity index (χ1v) is 11.9. The second-order valence-electron chi connectivity index (χ2n) is 8.55. The summed E-state index contributed by atoms with van der Waals surface area (Å²) in [6.07, 6.45) is 1.60. The van der Waals surface area contributed by atoms with Gasteiger partial charge < -0.3 is 25.4 Å². The number of nitrogens with two attached hydrogens (primary N) is 1. The summed E-state index contributed by atoms with van der Waals surface area (Å²) in [7, 11) is 0. The number of hydrogen-bond acceptors (Lipinski definition) is 4. The van der Waals surface area contributed by atoms with Crippen LogP contribution in [0.5, 0.6) is 11.5 Å². The van der Waals surface area contributed by atoms with Crippen molar-refractivity contribution in [1.82, 2.24) is 5.32 Å². The molecule has 0 saturated carbocycles. The molecule has 34 heavy (non-hydrogen) atoms. The molecule has 3 aromatic carbocycles. The van der Waals surface area contributed by atoms with Crippen molar-refractivity contribution < 1.29 is 9.47 Å². The van der Waals surface area contributed by atoms with E-state index in [-0.39, 0.29) is 12.1 Å². The summed E-state index contributed by atoms with van der Waals surface area (Å²) in [6, 6.07) is 22.3. The summed E-state index contributed by atoms with van der Waals surface area (Å²) >= 11 is 6.45.